The van der Waals surface area contributed by atoms with Gasteiger partial charge in [-0.2, -0.15) is 11.8 Å². The minimum atomic E-state index is 0.740. The number of thioether (sulfide) groups is 1. The monoisotopic (exact) mass is 406 g/mol. The number of hydrogen-bond acceptors (Lipinski definition) is 1. The Bertz CT molecular complexity index is 621. The van der Waals surface area contributed by atoms with Crippen molar-refractivity contribution in [1.29, 1.82) is 0 Å². The molecule has 0 aliphatic heterocycles. The third-order valence-corrected chi connectivity index (χ3v) is 8.68. The van der Waals surface area contributed by atoms with Crippen LogP contribution in [0.15, 0.2) is 60.7 Å². The summed E-state index contributed by atoms with van der Waals surface area (Å²) >= 11 is 2.25. The summed E-state index contributed by atoms with van der Waals surface area (Å²) in [6.07, 6.45) is 14.4. The summed E-state index contributed by atoms with van der Waals surface area (Å²) in [5, 5.41) is 0. The molecule has 0 spiro atoms. The van der Waals surface area contributed by atoms with Gasteiger partial charge in [-0.15, -0.1) is 0 Å². The van der Waals surface area contributed by atoms with Crippen molar-refractivity contribution in [1.82, 2.24) is 0 Å². The summed E-state index contributed by atoms with van der Waals surface area (Å²) in [4.78, 5) is 0. The van der Waals surface area contributed by atoms with Crippen molar-refractivity contribution >= 4 is 11.8 Å². The summed E-state index contributed by atoms with van der Waals surface area (Å²) in [7, 11) is 0. The SMILES string of the molecule is c1ccc(C(CSCC(c2ccccc2)C2CCCCC2)C2CCCCC2)cc1. The largest absolute Gasteiger partial charge is 0.161 e. The molecule has 2 aromatic carbocycles. The summed E-state index contributed by atoms with van der Waals surface area (Å²) in [6.45, 7) is 0. The highest BCUT2D eigenvalue weighted by molar-refractivity contribution is 7.99. The van der Waals surface area contributed by atoms with Crippen LogP contribution in [0.2, 0.25) is 0 Å². The molecular weight excluding hydrogens is 368 g/mol. The maximum atomic E-state index is 2.38. The van der Waals surface area contributed by atoms with Gasteiger partial charge >= 0.3 is 0 Å². The van der Waals surface area contributed by atoms with Gasteiger partial charge in [-0.1, -0.05) is 99.2 Å². The van der Waals surface area contributed by atoms with Gasteiger partial charge in [0.25, 0.3) is 0 Å². The molecule has 4 rings (SSSR count). The molecule has 0 saturated heterocycles. The molecule has 2 saturated carbocycles. The third-order valence-electron chi connectivity index (χ3n) is 7.49. The Morgan fingerprint density at radius 3 is 1.31 bits per heavy atom. The van der Waals surface area contributed by atoms with Gasteiger partial charge in [0.2, 0.25) is 0 Å². The summed E-state index contributed by atoms with van der Waals surface area (Å²) in [6, 6.07) is 22.8. The van der Waals surface area contributed by atoms with Crippen LogP contribution in [-0.4, -0.2) is 11.5 Å². The first kappa shape index (κ1) is 21.0. The first-order valence-electron chi connectivity index (χ1n) is 12.1. The van der Waals surface area contributed by atoms with E-state index in [9.17, 15) is 0 Å². The van der Waals surface area contributed by atoms with Crippen molar-refractivity contribution < 1.29 is 0 Å². The van der Waals surface area contributed by atoms with Crippen LogP contribution < -0.4 is 0 Å². The highest BCUT2D eigenvalue weighted by Crippen LogP contribution is 2.41. The van der Waals surface area contributed by atoms with Crippen LogP contribution in [0.3, 0.4) is 0 Å². The van der Waals surface area contributed by atoms with E-state index < -0.39 is 0 Å². The predicted octanol–water partition coefficient (Wildman–Crippen LogP) is 8.45. The third kappa shape index (κ3) is 5.91. The van der Waals surface area contributed by atoms with Crippen molar-refractivity contribution in [3.8, 4) is 0 Å². The number of benzene rings is 2. The molecule has 0 amide bonds. The Balaban J connectivity index is 1.43. The lowest BCUT2D eigenvalue weighted by molar-refractivity contribution is 0.315. The van der Waals surface area contributed by atoms with Crippen molar-refractivity contribution in [2.45, 2.75) is 76.0 Å². The maximum Gasteiger partial charge on any atom is 0.000436 e. The van der Waals surface area contributed by atoms with Crippen LogP contribution >= 0.6 is 11.8 Å². The molecule has 2 aromatic rings. The zero-order valence-electron chi connectivity index (χ0n) is 18.0. The number of rotatable bonds is 8. The van der Waals surface area contributed by atoms with Crippen LogP contribution in [-0.2, 0) is 0 Å². The minimum Gasteiger partial charge on any atom is -0.161 e. The minimum absolute atomic E-state index is 0.740. The van der Waals surface area contributed by atoms with Gasteiger partial charge < -0.3 is 0 Å². The Labute approximate surface area is 182 Å². The van der Waals surface area contributed by atoms with Gasteiger partial charge in [0.05, 0.1) is 0 Å². The fraction of sp³-hybridized carbons (Fsp3) is 0.571. The Hall–Kier alpha value is -1.21. The van der Waals surface area contributed by atoms with Crippen LogP contribution in [0.4, 0.5) is 0 Å². The fourth-order valence-corrected chi connectivity index (χ4v) is 7.38. The molecule has 0 N–H and O–H groups in total. The molecule has 2 fully saturated rings. The van der Waals surface area contributed by atoms with E-state index in [4.69, 9.17) is 0 Å². The molecule has 0 radical (unpaired) electrons. The second-order valence-electron chi connectivity index (χ2n) is 9.37. The van der Waals surface area contributed by atoms with E-state index in [1.807, 2.05) is 0 Å². The molecule has 2 atom stereocenters. The van der Waals surface area contributed by atoms with Crippen molar-refractivity contribution in [3.05, 3.63) is 71.8 Å². The fourth-order valence-electron chi connectivity index (χ4n) is 5.80. The van der Waals surface area contributed by atoms with E-state index in [1.165, 1.54) is 75.7 Å². The Morgan fingerprint density at radius 2 is 0.931 bits per heavy atom. The van der Waals surface area contributed by atoms with E-state index in [1.54, 1.807) is 11.1 Å². The van der Waals surface area contributed by atoms with Gasteiger partial charge in [-0.25, -0.2) is 0 Å². The molecule has 0 aromatic heterocycles. The molecule has 2 unspecified atom stereocenters. The molecule has 0 heterocycles. The molecular formula is C28H38S. The summed E-state index contributed by atoms with van der Waals surface area (Å²) in [5.74, 6) is 5.86. The lowest BCUT2D eigenvalue weighted by atomic mass is 9.77. The van der Waals surface area contributed by atoms with E-state index >= 15 is 0 Å². The molecule has 0 nitrogen and oxygen atoms in total. The van der Waals surface area contributed by atoms with Gasteiger partial charge in [-0.05, 0) is 60.5 Å². The van der Waals surface area contributed by atoms with Gasteiger partial charge in [0.15, 0.2) is 0 Å². The number of hydrogen-bond donors (Lipinski definition) is 0. The lowest BCUT2D eigenvalue weighted by Gasteiger charge is -2.33. The van der Waals surface area contributed by atoms with Gasteiger partial charge in [-0.3, -0.25) is 0 Å². The standard InChI is InChI=1S/C28H38S/c1-5-13-23(14-6-1)27(24-15-7-2-8-16-24)21-29-22-28(25-17-9-3-10-18-25)26-19-11-4-12-20-26/h1,3,5-6,9-10,13-14,17-18,24,26-28H,2,4,7-8,11-12,15-16,19-22H2. The molecule has 2 aliphatic carbocycles. The van der Waals surface area contributed by atoms with Crippen molar-refractivity contribution in [3.63, 3.8) is 0 Å². The molecule has 2 aliphatic rings. The van der Waals surface area contributed by atoms with E-state index in [2.05, 4.69) is 72.4 Å². The van der Waals surface area contributed by atoms with Crippen LogP contribution in [0, 0.1) is 11.8 Å². The van der Waals surface area contributed by atoms with E-state index in [-0.39, 0.29) is 0 Å². The van der Waals surface area contributed by atoms with Crippen LogP contribution in [0.5, 0.6) is 0 Å². The molecule has 1 heteroatoms. The zero-order valence-corrected chi connectivity index (χ0v) is 18.8. The lowest BCUT2D eigenvalue weighted by Crippen LogP contribution is -2.21. The van der Waals surface area contributed by atoms with Crippen molar-refractivity contribution in [2.24, 2.45) is 11.8 Å². The molecule has 29 heavy (non-hydrogen) atoms. The smallest absolute Gasteiger partial charge is 0.000436 e. The Kier molecular flexibility index (Phi) is 8.16. The molecule has 156 valence electrons. The first-order chi connectivity index (χ1) is 14.4. The highest BCUT2D eigenvalue weighted by Gasteiger charge is 2.28. The zero-order chi connectivity index (χ0) is 19.7. The molecule has 0 bridgehead atoms. The second kappa shape index (κ2) is 11.3. The van der Waals surface area contributed by atoms with Crippen LogP contribution in [0.1, 0.15) is 87.2 Å². The van der Waals surface area contributed by atoms with Crippen LogP contribution in [0.25, 0.3) is 0 Å². The predicted molar refractivity (Wildman–Crippen MR) is 129 cm³/mol. The maximum absolute atomic E-state index is 2.38. The quantitative estimate of drug-likeness (QED) is 0.424. The van der Waals surface area contributed by atoms with Gasteiger partial charge in [0.1, 0.15) is 0 Å². The second-order valence-corrected chi connectivity index (χ2v) is 10.4. The van der Waals surface area contributed by atoms with Gasteiger partial charge in [0, 0.05) is 11.5 Å². The first-order valence-corrected chi connectivity index (χ1v) is 13.2. The average Bonchev–Trinajstić information content (AvgIpc) is 2.81. The average molecular weight is 407 g/mol. The highest BCUT2D eigenvalue weighted by atomic mass is 32.2. The van der Waals surface area contributed by atoms with E-state index in [0.29, 0.717) is 0 Å². The summed E-state index contributed by atoms with van der Waals surface area (Å²) < 4.78 is 0. The topological polar surface area (TPSA) is 0 Å². The van der Waals surface area contributed by atoms with E-state index in [0.717, 1.165) is 23.7 Å². The Morgan fingerprint density at radius 1 is 0.552 bits per heavy atom. The normalized spacial score (nSPS) is 21.0. The van der Waals surface area contributed by atoms with Crippen molar-refractivity contribution in [2.75, 3.05) is 11.5 Å². The summed E-state index contributed by atoms with van der Waals surface area (Å²) in [5.41, 5.74) is 3.17.